The molecule has 7 nitrogen and oxygen atoms in total. The average Bonchev–Trinajstić information content (AvgIpc) is 2.83. The average molecular weight is 440 g/mol. The van der Waals surface area contributed by atoms with Gasteiger partial charge in [0.1, 0.15) is 11.9 Å². The predicted octanol–water partition coefficient (Wildman–Crippen LogP) is 3.72. The number of aromatic nitrogens is 2. The Bertz CT molecular complexity index is 904. The number of benzene rings is 1. The van der Waals surface area contributed by atoms with Gasteiger partial charge in [-0.15, -0.1) is 0 Å². The van der Waals surface area contributed by atoms with Crippen molar-refractivity contribution < 1.29 is 9.90 Å². The highest BCUT2D eigenvalue weighted by Crippen LogP contribution is 2.29. The molecule has 174 valence electrons. The summed E-state index contributed by atoms with van der Waals surface area (Å²) in [7, 11) is 4.01. The van der Waals surface area contributed by atoms with Crippen LogP contribution in [0.3, 0.4) is 0 Å². The van der Waals surface area contributed by atoms with Crippen LogP contribution in [0.4, 0.5) is 11.8 Å². The van der Waals surface area contributed by atoms with Crippen LogP contribution in [0.5, 0.6) is 0 Å². The fraction of sp³-hybridized carbons (Fsp3) is 0.640. The molecule has 1 unspecified atom stereocenters. The lowest BCUT2D eigenvalue weighted by Crippen LogP contribution is -2.42. The Morgan fingerprint density at radius 2 is 1.78 bits per heavy atom. The lowest BCUT2D eigenvalue weighted by Gasteiger charge is -2.30. The summed E-state index contributed by atoms with van der Waals surface area (Å²) in [6.45, 7) is 0.659. The molecule has 2 saturated carbocycles. The molecule has 0 radical (unpaired) electrons. The van der Waals surface area contributed by atoms with Gasteiger partial charge in [-0.2, -0.15) is 4.98 Å². The monoisotopic (exact) mass is 439 g/mol. The van der Waals surface area contributed by atoms with Crippen LogP contribution < -0.4 is 15.5 Å². The van der Waals surface area contributed by atoms with Gasteiger partial charge in [-0.1, -0.05) is 31.4 Å². The molecule has 1 aromatic heterocycles. The standard InChI is InChI=1S/C25H37N5O2/c1-30(2)23-20-10-6-7-11-21(20)28-25(29-23)27-19-14-12-17(13-15-19)16-26-24(32)22(31)18-8-4-3-5-9-18/h6-7,10-11,17-19,22,31H,3-5,8-9,12-16H2,1-2H3,(H,26,32)(H,27,28,29)/t17-,19+,22?. The second-order valence-electron chi connectivity index (χ2n) is 9.73. The van der Waals surface area contributed by atoms with Gasteiger partial charge >= 0.3 is 0 Å². The van der Waals surface area contributed by atoms with Gasteiger partial charge < -0.3 is 20.6 Å². The van der Waals surface area contributed by atoms with Gasteiger partial charge in [0.15, 0.2) is 0 Å². The topological polar surface area (TPSA) is 90.4 Å². The summed E-state index contributed by atoms with van der Waals surface area (Å²) >= 11 is 0. The molecule has 1 aromatic carbocycles. The molecule has 0 aliphatic heterocycles. The number of nitrogens with zero attached hydrogens (tertiary/aromatic N) is 3. The van der Waals surface area contributed by atoms with Crippen molar-refractivity contribution in [3.8, 4) is 0 Å². The zero-order valence-corrected chi connectivity index (χ0v) is 19.4. The van der Waals surface area contributed by atoms with Crippen LogP contribution in [0.2, 0.25) is 0 Å². The Morgan fingerprint density at radius 3 is 2.50 bits per heavy atom. The van der Waals surface area contributed by atoms with E-state index in [9.17, 15) is 9.90 Å². The first-order valence-electron chi connectivity index (χ1n) is 12.2. The van der Waals surface area contributed by atoms with Crippen LogP contribution in [0.25, 0.3) is 10.9 Å². The Kier molecular flexibility index (Phi) is 7.45. The maximum atomic E-state index is 12.4. The van der Waals surface area contributed by atoms with E-state index in [1.54, 1.807) is 0 Å². The number of amides is 1. The minimum absolute atomic E-state index is 0.137. The van der Waals surface area contributed by atoms with Crippen LogP contribution in [0.15, 0.2) is 24.3 Å². The number of aliphatic hydroxyl groups excluding tert-OH is 1. The number of hydrogen-bond acceptors (Lipinski definition) is 6. The van der Waals surface area contributed by atoms with Gasteiger partial charge in [0, 0.05) is 32.1 Å². The lowest BCUT2D eigenvalue weighted by atomic mass is 9.84. The van der Waals surface area contributed by atoms with Crippen molar-refractivity contribution in [2.45, 2.75) is 69.9 Å². The number of para-hydroxylation sites is 1. The third-order valence-corrected chi connectivity index (χ3v) is 7.12. The van der Waals surface area contributed by atoms with Crippen molar-refractivity contribution in [1.29, 1.82) is 0 Å². The number of carbonyl (C=O) groups excluding carboxylic acids is 1. The number of hydrogen-bond donors (Lipinski definition) is 3. The molecule has 4 rings (SSSR count). The summed E-state index contributed by atoms with van der Waals surface area (Å²) in [4.78, 5) is 23.9. The number of fused-ring (bicyclic) bond motifs is 1. The fourth-order valence-corrected chi connectivity index (χ4v) is 5.17. The van der Waals surface area contributed by atoms with E-state index in [2.05, 4.69) is 16.7 Å². The molecule has 7 heteroatoms. The highest BCUT2D eigenvalue weighted by Gasteiger charge is 2.28. The van der Waals surface area contributed by atoms with Crippen LogP contribution >= 0.6 is 0 Å². The maximum Gasteiger partial charge on any atom is 0.249 e. The minimum atomic E-state index is -0.843. The van der Waals surface area contributed by atoms with Gasteiger partial charge in [0.05, 0.1) is 5.52 Å². The van der Waals surface area contributed by atoms with E-state index in [-0.39, 0.29) is 11.8 Å². The van der Waals surface area contributed by atoms with Crippen LogP contribution in [-0.2, 0) is 4.79 Å². The summed E-state index contributed by atoms with van der Waals surface area (Å²) in [6, 6.07) is 8.44. The van der Waals surface area contributed by atoms with Crippen molar-refractivity contribution >= 4 is 28.6 Å². The van der Waals surface area contributed by atoms with E-state index in [1.807, 2.05) is 37.2 Å². The zero-order chi connectivity index (χ0) is 22.5. The fourth-order valence-electron chi connectivity index (χ4n) is 5.17. The Hall–Kier alpha value is -2.41. The second-order valence-corrected chi connectivity index (χ2v) is 9.73. The Balaban J connectivity index is 1.26. The van der Waals surface area contributed by atoms with Crippen molar-refractivity contribution in [3.63, 3.8) is 0 Å². The van der Waals surface area contributed by atoms with E-state index in [1.165, 1.54) is 6.42 Å². The third kappa shape index (κ3) is 5.49. The van der Waals surface area contributed by atoms with E-state index >= 15 is 0 Å². The van der Waals surface area contributed by atoms with Gasteiger partial charge in [-0.05, 0) is 62.5 Å². The van der Waals surface area contributed by atoms with Gasteiger partial charge in [0.2, 0.25) is 11.9 Å². The third-order valence-electron chi connectivity index (χ3n) is 7.12. The SMILES string of the molecule is CN(C)c1nc(N[C@H]2CC[C@@H](CNC(=O)C(O)C3CCCCC3)CC2)nc2ccccc12. The van der Waals surface area contributed by atoms with Crippen molar-refractivity contribution in [2.75, 3.05) is 30.9 Å². The number of rotatable bonds is 7. The molecule has 2 aliphatic carbocycles. The highest BCUT2D eigenvalue weighted by molar-refractivity contribution is 5.90. The first-order valence-corrected chi connectivity index (χ1v) is 12.2. The molecular formula is C25H37N5O2. The van der Waals surface area contributed by atoms with Crippen molar-refractivity contribution in [1.82, 2.24) is 15.3 Å². The molecule has 2 aliphatic rings. The summed E-state index contributed by atoms with van der Waals surface area (Å²) in [5, 5.41) is 18.0. The molecule has 1 heterocycles. The van der Waals surface area contributed by atoms with Crippen molar-refractivity contribution in [2.24, 2.45) is 11.8 Å². The predicted molar refractivity (Wildman–Crippen MR) is 129 cm³/mol. The molecule has 1 atom stereocenters. The molecule has 0 spiro atoms. The summed E-state index contributed by atoms with van der Waals surface area (Å²) in [6.07, 6.45) is 8.73. The number of aliphatic hydroxyl groups is 1. The summed E-state index contributed by atoms with van der Waals surface area (Å²) in [5.74, 6) is 2.02. The normalized spacial score (nSPS) is 23.0. The van der Waals surface area contributed by atoms with Crippen LogP contribution in [0, 0.1) is 11.8 Å². The van der Waals surface area contributed by atoms with E-state index in [4.69, 9.17) is 9.97 Å². The summed E-state index contributed by atoms with van der Waals surface area (Å²) in [5.41, 5.74) is 0.946. The highest BCUT2D eigenvalue weighted by atomic mass is 16.3. The van der Waals surface area contributed by atoms with Crippen LogP contribution in [-0.4, -0.2) is 53.8 Å². The van der Waals surface area contributed by atoms with Crippen LogP contribution in [0.1, 0.15) is 57.8 Å². The number of anilines is 2. The van der Waals surface area contributed by atoms with E-state index in [0.29, 0.717) is 24.5 Å². The molecule has 0 saturated heterocycles. The van der Waals surface area contributed by atoms with Gasteiger partial charge in [-0.25, -0.2) is 4.98 Å². The number of carbonyl (C=O) groups is 1. The second kappa shape index (κ2) is 10.5. The first-order chi connectivity index (χ1) is 15.5. The summed E-state index contributed by atoms with van der Waals surface area (Å²) < 4.78 is 0. The quantitative estimate of drug-likeness (QED) is 0.609. The zero-order valence-electron chi connectivity index (χ0n) is 19.4. The molecule has 32 heavy (non-hydrogen) atoms. The largest absolute Gasteiger partial charge is 0.383 e. The van der Waals surface area contributed by atoms with E-state index < -0.39 is 6.10 Å². The Morgan fingerprint density at radius 1 is 1.06 bits per heavy atom. The first kappa shape index (κ1) is 22.8. The van der Waals surface area contributed by atoms with Crippen molar-refractivity contribution in [3.05, 3.63) is 24.3 Å². The minimum Gasteiger partial charge on any atom is -0.383 e. The molecule has 2 aromatic rings. The molecule has 3 N–H and O–H groups in total. The molecular weight excluding hydrogens is 402 g/mol. The molecule has 2 fully saturated rings. The Labute approximate surface area is 191 Å². The van der Waals surface area contributed by atoms with Gasteiger partial charge in [-0.3, -0.25) is 4.79 Å². The maximum absolute atomic E-state index is 12.4. The van der Waals surface area contributed by atoms with Gasteiger partial charge in [0.25, 0.3) is 0 Å². The number of nitrogens with one attached hydrogen (secondary N) is 2. The smallest absolute Gasteiger partial charge is 0.249 e. The molecule has 1 amide bonds. The lowest BCUT2D eigenvalue weighted by molar-refractivity contribution is -0.133. The molecule has 0 bridgehead atoms. The van der Waals surface area contributed by atoms with E-state index in [0.717, 1.165) is 68.1 Å².